The van der Waals surface area contributed by atoms with Crippen molar-refractivity contribution < 1.29 is 28.6 Å². The summed E-state index contributed by atoms with van der Waals surface area (Å²) in [5, 5.41) is 0. The first-order valence-electron chi connectivity index (χ1n) is 11.0. The lowest BCUT2D eigenvalue weighted by atomic mass is 10.2. The summed E-state index contributed by atoms with van der Waals surface area (Å²) in [4.78, 5) is 31.6. The zero-order valence-electron chi connectivity index (χ0n) is 19.8. The Hall–Kier alpha value is -3.41. The van der Waals surface area contributed by atoms with Crippen molar-refractivity contribution in [3.05, 3.63) is 80.4 Å². The maximum absolute atomic E-state index is 10.6. The summed E-state index contributed by atoms with van der Waals surface area (Å²) in [6.45, 7) is 16.9. The molecule has 0 spiro atoms. The fraction of sp³-hybridized carbons (Fsp3) is 0.370. The molecule has 0 N–H and O–H groups in total. The van der Waals surface area contributed by atoms with Gasteiger partial charge in [0.15, 0.2) is 0 Å². The van der Waals surface area contributed by atoms with Crippen molar-refractivity contribution in [3.8, 4) is 0 Å². The summed E-state index contributed by atoms with van der Waals surface area (Å²) in [6, 6.07) is 10.0. The van der Waals surface area contributed by atoms with E-state index in [0.717, 1.165) is 50.7 Å². The summed E-state index contributed by atoms with van der Waals surface area (Å²) < 4.78 is 14.3. The number of carbonyl (C=O) groups is 3. The van der Waals surface area contributed by atoms with Crippen LogP contribution >= 0.6 is 0 Å². The zero-order valence-corrected chi connectivity index (χ0v) is 19.8. The van der Waals surface area contributed by atoms with Gasteiger partial charge in [-0.1, -0.05) is 76.1 Å². The molecular weight excluding hydrogens is 420 g/mol. The quantitative estimate of drug-likeness (QED) is 0.151. The van der Waals surface area contributed by atoms with E-state index in [-0.39, 0.29) is 17.9 Å². The Morgan fingerprint density at radius 3 is 1.36 bits per heavy atom. The smallest absolute Gasteiger partial charge is 0.330 e. The largest absolute Gasteiger partial charge is 0.463 e. The van der Waals surface area contributed by atoms with E-state index in [9.17, 15) is 14.4 Å². The molecule has 33 heavy (non-hydrogen) atoms. The van der Waals surface area contributed by atoms with Gasteiger partial charge in [-0.15, -0.1) is 0 Å². The van der Waals surface area contributed by atoms with E-state index in [1.165, 1.54) is 11.6 Å². The first-order valence-corrected chi connectivity index (χ1v) is 11.0. The summed E-state index contributed by atoms with van der Waals surface area (Å²) in [5.41, 5.74) is 1.17. The van der Waals surface area contributed by atoms with E-state index in [1.54, 1.807) is 0 Å². The van der Waals surface area contributed by atoms with Crippen LogP contribution in [0.3, 0.4) is 0 Å². The normalized spacial score (nSPS) is 8.88. The maximum Gasteiger partial charge on any atom is 0.330 e. The van der Waals surface area contributed by atoms with Crippen molar-refractivity contribution >= 4 is 24.0 Å². The van der Waals surface area contributed by atoms with Gasteiger partial charge in [0.25, 0.3) is 0 Å². The third-order valence-electron chi connectivity index (χ3n) is 3.80. The van der Waals surface area contributed by atoms with Gasteiger partial charge in [-0.25, -0.2) is 14.4 Å². The van der Waals surface area contributed by atoms with Crippen LogP contribution in [0, 0.1) is 0 Å². The van der Waals surface area contributed by atoms with Gasteiger partial charge in [0.1, 0.15) is 0 Å². The van der Waals surface area contributed by atoms with E-state index < -0.39 is 0 Å². The van der Waals surface area contributed by atoms with Crippen LogP contribution in [0.25, 0.3) is 6.08 Å². The predicted molar refractivity (Wildman–Crippen MR) is 133 cm³/mol. The highest BCUT2D eigenvalue weighted by Gasteiger charge is 1.97. The predicted octanol–water partition coefficient (Wildman–Crippen LogP) is 5.85. The lowest BCUT2D eigenvalue weighted by Crippen LogP contribution is -2.03. The Bertz CT molecular complexity index is 668. The van der Waals surface area contributed by atoms with Gasteiger partial charge in [-0.05, 0) is 37.7 Å². The van der Waals surface area contributed by atoms with Crippen LogP contribution < -0.4 is 0 Å². The van der Waals surface area contributed by atoms with Gasteiger partial charge < -0.3 is 14.2 Å². The van der Waals surface area contributed by atoms with Crippen LogP contribution in [0.1, 0.15) is 51.0 Å². The molecular formula is C27H38O6. The fourth-order valence-electron chi connectivity index (χ4n) is 1.99. The lowest BCUT2D eigenvalue weighted by Gasteiger charge is -2.03. The number of esters is 3. The van der Waals surface area contributed by atoms with Gasteiger partial charge in [-0.2, -0.15) is 0 Å². The molecule has 6 nitrogen and oxygen atoms in total. The van der Waals surface area contributed by atoms with Crippen LogP contribution in [0.4, 0.5) is 0 Å². The van der Waals surface area contributed by atoms with Crippen molar-refractivity contribution in [2.24, 2.45) is 0 Å². The molecule has 0 aromatic heterocycles. The molecule has 0 bridgehead atoms. The molecule has 0 aliphatic heterocycles. The van der Waals surface area contributed by atoms with Crippen molar-refractivity contribution in [2.75, 3.05) is 19.8 Å². The Morgan fingerprint density at radius 1 is 0.667 bits per heavy atom. The minimum absolute atomic E-state index is 0.330. The second-order valence-electron chi connectivity index (χ2n) is 6.50. The molecule has 1 aromatic rings. The van der Waals surface area contributed by atoms with Crippen molar-refractivity contribution in [1.29, 1.82) is 0 Å². The Morgan fingerprint density at radius 2 is 1.06 bits per heavy atom. The minimum Gasteiger partial charge on any atom is -0.463 e. The van der Waals surface area contributed by atoms with Crippen molar-refractivity contribution in [3.63, 3.8) is 0 Å². The van der Waals surface area contributed by atoms with E-state index in [4.69, 9.17) is 9.47 Å². The molecule has 1 aromatic carbocycles. The number of unbranched alkanes of at least 4 members (excludes halogenated alkanes) is 4. The first kappa shape index (κ1) is 31.8. The van der Waals surface area contributed by atoms with Crippen LogP contribution in [0.5, 0.6) is 0 Å². The van der Waals surface area contributed by atoms with E-state index in [1.807, 2.05) is 43.3 Å². The maximum atomic E-state index is 10.6. The molecule has 0 heterocycles. The Labute approximate surface area is 198 Å². The van der Waals surface area contributed by atoms with Gasteiger partial charge in [-0.3, -0.25) is 0 Å². The zero-order chi connectivity index (χ0) is 25.2. The molecule has 0 aliphatic carbocycles. The average molecular weight is 459 g/mol. The molecule has 0 amide bonds. The van der Waals surface area contributed by atoms with Crippen LogP contribution in [-0.4, -0.2) is 37.7 Å². The molecule has 0 radical (unpaired) electrons. The number of ether oxygens (including phenoxy) is 3. The summed E-state index contributed by atoms with van der Waals surface area (Å²) >= 11 is 0. The van der Waals surface area contributed by atoms with E-state index in [0.29, 0.717) is 19.8 Å². The molecule has 6 heteroatoms. The Kier molecular flexibility index (Phi) is 23.9. The fourth-order valence-corrected chi connectivity index (χ4v) is 1.99. The van der Waals surface area contributed by atoms with Crippen LogP contribution in [0.15, 0.2) is 74.9 Å². The minimum atomic E-state index is -0.389. The second kappa shape index (κ2) is 24.9. The SMILES string of the molecule is C=CC(=O)OCCCC.C=CC(=O)OCCCCCCOC(=O)C=C.C=Cc1ccccc1. The molecule has 0 atom stereocenters. The van der Waals surface area contributed by atoms with Gasteiger partial charge in [0.2, 0.25) is 0 Å². The van der Waals surface area contributed by atoms with E-state index in [2.05, 4.69) is 31.1 Å². The second-order valence-corrected chi connectivity index (χ2v) is 6.50. The van der Waals surface area contributed by atoms with Crippen LogP contribution in [0.2, 0.25) is 0 Å². The number of benzene rings is 1. The van der Waals surface area contributed by atoms with Crippen molar-refractivity contribution in [1.82, 2.24) is 0 Å². The molecule has 0 saturated heterocycles. The standard InChI is InChI=1S/C12H18O4.C8H8.C7H12O2/c1-3-11(13)15-9-7-5-6-8-10-16-12(14)4-2;1-2-8-6-4-3-5-7-8;1-3-5-6-9-7(8)4-2/h3-4H,1-2,5-10H2;2-7H,1H2;4H,2-3,5-6H2,1H3. The molecule has 0 aliphatic rings. The molecule has 1 rings (SSSR count). The number of hydrogen-bond acceptors (Lipinski definition) is 6. The number of rotatable bonds is 14. The molecule has 0 saturated carbocycles. The number of hydrogen-bond donors (Lipinski definition) is 0. The molecule has 0 fully saturated rings. The highest BCUT2D eigenvalue weighted by atomic mass is 16.5. The topological polar surface area (TPSA) is 78.9 Å². The van der Waals surface area contributed by atoms with E-state index >= 15 is 0 Å². The number of carbonyl (C=O) groups excluding carboxylic acids is 3. The summed E-state index contributed by atoms with van der Waals surface area (Å²) in [7, 11) is 0. The monoisotopic (exact) mass is 458 g/mol. The third kappa shape index (κ3) is 24.7. The molecule has 0 unspecified atom stereocenters. The summed E-state index contributed by atoms with van der Waals surface area (Å²) in [5.74, 6) is -1.11. The molecule has 182 valence electrons. The third-order valence-corrected chi connectivity index (χ3v) is 3.80. The summed E-state index contributed by atoms with van der Waals surface area (Å²) in [6.07, 6.45) is 10.8. The highest BCUT2D eigenvalue weighted by molar-refractivity contribution is 5.81. The Balaban J connectivity index is 0. The lowest BCUT2D eigenvalue weighted by molar-refractivity contribution is -0.139. The first-order chi connectivity index (χ1) is 15.9. The van der Waals surface area contributed by atoms with Crippen molar-refractivity contribution in [2.45, 2.75) is 45.4 Å². The average Bonchev–Trinajstić information content (AvgIpc) is 2.86. The highest BCUT2D eigenvalue weighted by Crippen LogP contribution is 2.01. The van der Waals surface area contributed by atoms with Gasteiger partial charge >= 0.3 is 17.9 Å². The van der Waals surface area contributed by atoms with Gasteiger partial charge in [0.05, 0.1) is 19.8 Å². The van der Waals surface area contributed by atoms with Gasteiger partial charge in [0, 0.05) is 18.2 Å². The van der Waals surface area contributed by atoms with Crippen LogP contribution in [-0.2, 0) is 28.6 Å².